The highest BCUT2D eigenvalue weighted by Gasteiger charge is 2.22. The molecule has 0 radical (unpaired) electrons. The van der Waals surface area contributed by atoms with E-state index in [2.05, 4.69) is 19.9 Å². The number of aromatic nitrogens is 3. The van der Waals surface area contributed by atoms with Crippen LogP contribution in [0, 0.1) is 6.92 Å². The third-order valence-corrected chi connectivity index (χ3v) is 3.59. The fourth-order valence-corrected chi connectivity index (χ4v) is 2.33. The van der Waals surface area contributed by atoms with Crippen LogP contribution in [0.15, 0.2) is 30.6 Å². The number of likely N-dealkylation sites (N-methyl/N-ethyl adjacent to an activating group) is 1. The zero-order valence-electron chi connectivity index (χ0n) is 11.8. The number of hydrogen-bond acceptors (Lipinski definition) is 5. The van der Waals surface area contributed by atoms with Crippen molar-refractivity contribution in [1.82, 2.24) is 15.0 Å². The Labute approximate surface area is 118 Å². The Morgan fingerprint density at radius 3 is 2.70 bits per heavy atom. The Morgan fingerprint density at radius 1 is 1.25 bits per heavy atom. The highest BCUT2D eigenvalue weighted by Crippen LogP contribution is 2.19. The van der Waals surface area contributed by atoms with E-state index in [0.29, 0.717) is 6.04 Å². The summed E-state index contributed by atoms with van der Waals surface area (Å²) >= 11 is 0. The molecule has 0 aliphatic carbocycles. The summed E-state index contributed by atoms with van der Waals surface area (Å²) in [6.45, 7) is 3.55. The van der Waals surface area contributed by atoms with Crippen LogP contribution >= 0.6 is 0 Å². The van der Waals surface area contributed by atoms with E-state index < -0.39 is 0 Å². The zero-order valence-corrected chi connectivity index (χ0v) is 11.8. The molecular weight excluding hydrogens is 252 g/mol. The number of ether oxygens (including phenoxy) is 1. The van der Waals surface area contributed by atoms with Gasteiger partial charge in [-0.25, -0.2) is 9.97 Å². The van der Waals surface area contributed by atoms with Crippen molar-refractivity contribution in [2.75, 3.05) is 25.2 Å². The van der Waals surface area contributed by atoms with Crippen molar-refractivity contribution in [2.45, 2.75) is 19.4 Å². The molecule has 2 aromatic rings. The SMILES string of the molecule is Cc1cccc(-c2cnc(N(C)C3CCOC3)nc2)n1. The van der Waals surface area contributed by atoms with E-state index in [9.17, 15) is 0 Å². The molecule has 0 N–H and O–H groups in total. The van der Waals surface area contributed by atoms with Crippen LogP contribution in [-0.2, 0) is 4.74 Å². The van der Waals surface area contributed by atoms with Crippen molar-refractivity contribution in [1.29, 1.82) is 0 Å². The number of nitrogens with zero attached hydrogens (tertiary/aromatic N) is 4. The maximum Gasteiger partial charge on any atom is 0.225 e. The van der Waals surface area contributed by atoms with Gasteiger partial charge in [-0.2, -0.15) is 0 Å². The molecule has 2 aromatic heterocycles. The Morgan fingerprint density at radius 2 is 2.05 bits per heavy atom. The van der Waals surface area contributed by atoms with Crippen molar-refractivity contribution < 1.29 is 4.74 Å². The van der Waals surface area contributed by atoms with E-state index in [0.717, 1.165) is 42.5 Å². The molecule has 0 bridgehead atoms. The lowest BCUT2D eigenvalue weighted by Gasteiger charge is -2.22. The van der Waals surface area contributed by atoms with E-state index in [1.807, 2.05) is 44.6 Å². The molecule has 1 saturated heterocycles. The molecule has 1 atom stereocenters. The van der Waals surface area contributed by atoms with Gasteiger partial charge in [-0.05, 0) is 25.5 Å². The summed E-state index contributed by atoms with van der Waals surface area (Å²) in [5.41, 5.74) is 2.84. The highest BCUT2D eigenvalue weighted by atomic mass is 16.5. The molecule has 1 unspecified atom stereocenters. The summed E-state index contributed by atoms with van der Waals surface area (Å²) in [6, 6.07) is 6.32. The van der Waals surface area contributed by atoms with Gasteiger partial charge in [0.1, 0.15) is 0 Å². The van der Waals surface area contributed by atoms with Crippen molar-refractivity contribution in [3.8, 4) is 11.3 Å². The van der Waals surface area contributed by atoms with Crippen LogP contribution in [0.1, 0.15) is 12.1 Å². The van der Waals surface area contributed by atoms with E-state index in [-0.39, 0.29) is 0 Å². The normalized spacial score (nSPS) is 18.2. The van der Waals surface area contributed by atoms with E-state index in [1.165, 1.54) is 0 Å². The predicted molar refractivity (Wildman–Crippen MR) is 77.6 cm³/mol. The molecule has 20 heavy (non-hydrogen) atoms. The fourth-order valence-electron chi connectivity index (χ4n) is 2.33. The molecule has 1 aliphatic rings. The lowest BCUT2D eigenvalue weighted by Crippen LogP contribution is -2.33. The van der Waals surface area contributed by atoms with Crippen LogP contribution in [0.2, 0.25) is 0 Å². The standard InChI is InChI=1S/C15H18N4O/c1-11-4-3-5-14(18-11)12-8-16-15(17-9-12)19(2)13-6-7-20-10-13/h3-5,8-9,13H,6-7,10H2,1-2H3. The van der Waals surface area contributed by atoms with Gasteiger partial charge >= 0.3 is 0 Å². The van der Waals surface area contributed by atoms with E-state index >= 15 is 0 Å². The summed E-state index contributed by atoms with van der Waals surface area (Å²) in [7, 11) is 2.01. The van der Waals surface area contributed by atoms with Crippen LogP contribution in [0.4, 0.5) is 5.95 Å². The Hall–Kier alpha value is -2.01. The Kier molecular flexibility index (Phi) is 3.60. The summed E-state index contributed by atoms with van der Waals surface area (Å²) in [6.07, 6.45) is 4.69. The number of aryl methyl sites for hydroxylation is 1. The van der Waals surface area contributed by atoms with E-state index in [1.54, 1.807) is 0 Å². The smallest absolute Gasteiger partial charge is 0.225 e. The van der Waals surface area contributed by atoms with Crippen molar-refractivity contribution in [2.24, 2.45) is 0 Å². The van der Waals surface area contributed by atoms with Gasteiger partial charge < -0.3 is 9.64 Å². The van der Waals surface area contributed by atoms with E-state index in [4.69, 9.17) is 4.74 Å². The second-order valence-electron chi connectivity index (χ2n) is 5.06. The quantitative estimate of drug-likeness (QED) is 0.854. The fraction of sp³-hybridized carbons (Fsp3) is 0.400. The van der Waals surface area contributed by atoms with Gasteiger partial charge in [-0.3, -0.25) is 4.98 Å². The average molecular weight is 270 g/mol. The molecule has 3 rings (SSSR count). The summed E-state index contributed by atoms with van der Waals surface area (Å²) < 4.78 is 5.40. The van der Waals surface area contributed by atoms with Crippen LogP contribution < -0.4 is 4.90 Å². The minimum absolute atomic E-state index is 0.373. The van der Waals surface area contributed by atoms with Gasteiger partial charge in [0.25, 0.3) is 0 Å². The molecule has 5 nitrogen and oxygen atoms in total. The first kappa shape index (κ1) is 13.0. The Bertz CT molecular complexity index is 579. The first-order chi connectivity index (χ1) is 9.74. The molecule has 0 spiro atoms. The molecule has 1 fully saturated rings. The van der Waals surface area contributed by atoms with Crippen molar-refractivity contribution in [3.05, 3.63) is 36.3 Å². The molecule has 0 aromatic carbocycles. The monoisotopic (exact) mass is 270 g/mol. The second-order valence-corrected chi connectivity index (χ2v) is 5.06. The Balaban J connectivity index is 1.80. The van der Waals surface area contributed by atoms with Gasteiger partial charge in [-0.1, -0.05) is 6.07 Å². The third-order valence-electron chi connectivity index (χ3n) is 3.59. The predicted octanol–water partition coefficient (Wildman–Crippen LogP) is 2.07. The van der Waals surface area contributed by atoms with Gasteiger partial charge in [0.2, 0.25) is 5.95 Å². The number of pyridine rings is 1. The first-order valence-electron chi connectivity index (χ1n) is 6.81. The highest BCUT2D eigenvalue weighted by molar-refractivity contribution is 5.57. The van der Waals surface area contributed by atoms with Crippen molar-refractivity contribution in [3.63, 3.8) is 0 Å². The summed E-state index contributed by atoms with van der Waals surface area (Å²) in [4.78, 5) is 15.5. The number of hydrogen-bond donors (Lipinski definition) is 0. The minimum Gasteiger partial charge on any atom is -0.379 e. The summed E-state index contributed by atoms with van der Waals surface area (Å²) in [5, 5.41) is 0. The zero-order chi connectivity index (χ0) is 13.9. The number of rotatable bonds is 3. The molecule has 3 heterocycles. The van der Waals surface area contributed by atoms with Crippen molar-refractivity contribution >= 4 is 5.95 Å². The van der Waals surface area contributed by atoms with Crippen LogP contribution in [0.25, 0.3) is 11.3 Å². The van der Waals surface area contributed by atoms with Crippen LogP contribution in [0.5, 0.6) is 0 Å². The first-order valence-corrected chi connectivity index (χ1v) is 6.81. The van der Waals surface area contributed by atoms with Gasteiger partial charge in [0.15, 0.2) is 0 Å². The molecule has 0 amide bonds. The molecular formula is C15H18N4O. The topological polar surface area (TPSA) is 51.1 Å². The second kappa shape index (κ2) is 5.54. The van der Waals surface area contributed by atoms with Gasteiger partial charge in [0.05, 0.1) is 18.3 Å². The van der Waals surface area contributed by atoms with Crippen LogP contribution in [-0.4, -0.2) is 41.3 Å². The third kappa shape index (κ3) is 2.63. The van der Waals surface area contributed by atoms with Gasteiger partial charge in [-0.15, -0.1) is 0 Å². The lowest BCUT2D eigenvalue weighted by molar-refractivity contribution is 0.193. The van der Waals surface area contributed by atoms with Gasteiger partial charge in [0, 0.05) is 37.3 Å². The molecule has 0 saturated carbocycles. The molecule has 104 valence electrons. The largest absolute Gasteiger partial charge is 0.379 e. The maximum absolute atomic E-state index is 5.40. The average Bonchev–Trinajstić information content (AvgIpc) is 3.01. The minimum atomic E-state index is 0.373. The number of anilines is 1. The lowest BCUT2D eigenvalue weighted by atomic mass is 10.2. The molecule has 1 aliphatic heterocycles. The summed E-state index contributed by atoms with van der Waals surface area (Å²) in [5.74, 6) is 0.733. The van der Waals surface area contributed by atoms with Crippen LogP contribution in [0.3, 0.4) is 0 Å². The maximum atomic E-state index is 5.40. The molecule has 5 heteroatoms.